The molecular formula is C10H19NO. The highest BCUT2D eigenvalue weighted by molar-refractivity contribution is 5.02. The Morgan fingerprint density at radius 1 is 1.33 bits per heavy atom. The van der Waals surface area contributed by atoms with Crippen LogP contribution in [0.2, 0.25) is 0 Å². The molecule has 0 heterocycles. The standard InChI is InChI=1S/C10H19NO/c1-10(2)6-5-8-11-7-3-4-9-12/h10-12H,3-4,7-9H2,1-2H3. The van der Waals surface area contributed by atoms with Crippen molar-refractivity contribution in [1.82, 2.24) is 5.32 Å². The van der Waals surface area contributed by atoms with Gasteiger partial charge in [0.1, 0.15) is 0 Å². The minimum absolute atomic E-state index is 0.291. The van der Waals surface area contributed by atoms with Crippen molar-refractivity contribution in [1.29, 1.82) is 0 Å². The fraction of sp³-hybridized carbons (Fsp3) is 0.800. The van der Waals surface area contributed by atoms with E-state index in [1.807, 2.05) is 0 Å². The van der Waals surface area contributed by atoms with Gasteiger partial charge in [-0.3, -0.25) is 0 Å². The van der Waals surface area contributed by atoms with Gasteiger partial charge in [0.15, 0.2) is 0 Å². The fourth-order valence-corrected chi connectivity index (χ4v) is 0.768. The van der Waals surface area contributed by atoms with Crippen molar-refractivity contribution in [3.05, 3.63) is 0 Å². The van der Waals surface area contributed by atoms with Crippen molar-refractivity contribution < 1.29 is 5.11 Å². The summed E-state index contributed by atoms with van der Waals surface area (Å²) in [5.41, 5.74) is 0. The van der Waals surface area contributed by atoms with Crippen LogP contribution >= 0.6 is 0 Å². The lowest BCUT2D eigenvalue weighted by atomic mass is 10.2. The molecule has 0 saturated heterocycles. The summed E-state index contributed by atoms with van der Waals surface area (Å²) in [4.78, 5) is 0. The first-order valence-electron chi connectivity index (χ1n) is 4.57. The molecule has 0 aliphatic rings. The number of aliphatic hydroxyl groups is 1. The largest absolute Gasteiger partial charge is 0.396 e. The predicted molar refractivity (Wildman–Crippen MR) is 51.8 cm³/mol. The molecule has 2 nitrogen and oxygen atoms in total. The Bertz CT molecular complexity index is 144. The molecule has 70 valence electrons. The van der Waals surface area contributed by atoms with E-state index in [1.54, 1.807) is 0 Å². The smallest absolute Gasteiger partial charge is 0.0576 e. The summed E-state index contributed by atoms with van der Waals surface area (Å²) in [7, 11) is 0. The molecule has 0 fully saturated rings. The van der Waals surface area contributed by atoms with Crippen molar-refractivity contribution in [3.8, 4) is 11.8 Å². The molecule has 0 aliphatic heterocycles. The third-order valence-corrected chi connectivity index (χ3v) is 1.37. The Balaban J connectivity index is 3.07. The zero-order chi connectivity index (χ0) is 9.23. The zero-order valence-corrected chi connectivity index (χ0v) is 8.06. The first-order valence-corrected chi connectivity index (χ1v) is 4.57. The third-order valence-electron chi connectivity index (χ3n) is 1.37. The summed E-state index contributed by atoms with van der Waals surface area (Å²) >= 11 is 0. The van der Waals surface area contributed by atoms with Crippen LogP contribution < -0.4 is 5.32 Å². The van der Waals surface area contributed by atoms with Crippen molar-refractivity contribution in [2.75, 3.05) is 19.7 Å². The van der Waals surface area contributed by atoms with Gasteiger partial charge in [0, 0.05) is 12.5 Å². The van der Waals surface area contributed by atoms with Gasteiger partial charge in [-0.05, 0) is 19.4 Å². The molecule has 0 unspecified atom stereocenters. The highest BCUT2D eigenvalue weighted by atomic mass is 16.2. The summed E-state index contributed by atoms with van der Waals surface area (Å²) in [6.45, 7) is 6.17. The SMILES string of the molecule is CC(C)C#CCNCCCCO. The molecule has 0 spiro atoms. The Morgan fingerprint density at radius 3 is 2.67 bits per heavy atom. The van der Waals surface area contributed by atoms with Gasteiger partial charge in [0.25, 0.3) is 0 Å². The normalized spacial score (nSPS) is 9.67. The number of unbranched alkanes of at least 4 members (excludes halogenated alkanes) is 1. The quantitative estimate of drug-likeness (QED) is 0.475. The first-order chi connectivity index (χ1) is 5.77. The summed E-state index contributed by atoms with van der Waals surface area (Å²) in [6, 6.07) is 0. The minimum Gasteiger partial charge on any atom is -0.396 e. The van der Waals surface area contributed by atoms with E-state index < -0.39 is 0 Å². The van der Waals surface area contributed by atoms with Gasteiger partial charge in [-0.1, -0.05) is 25.7 Å². The number of hydrogen-bond acceptors (Lipinski definition) is 2. The van der Waals surface area contributed by atoms with Gasteiger partial charge < -0.3 is 10.4 Å². The molecule has 0 rings (SSSR count). The van der Waals surface area contributed by atoms with E-state index >= 15 is 0 Å². The van der Waals surface area contributed by atoms with E-state index in [-0.39, 0.29) is 0 Å². The number of aliphatic hydroxyl groups excluding tert-OH is 1. The van der Waals surface area contributed by atoms with Crippen LogP contribution in [0.25, 0.3) is 0 Å². The van der Waals surface area contributed by atoms with Gasteiger partial charge >= 0.3 is 0 Å². The second-order valence-electron chi connectivity index (χ2n) is 3.08. The number of rotatable bonds is 5. The molecule has 0 aromatic heterocycles. The molecule has 2 N–H and O–H groups in total. The molecule has 0 aromatic carbocycles. The summed E-state index contributed by atoms with van der Waals surface area (Å²) < 4.78 is 0. The highest BCUT2D eigenvalue weighted by Crippen LogP contribution is 1.85. The van der Waals surface area contributed by atoms with Crippen molar-refractivity contribution in [2.24, 2.45) is 5.92 Å². The monoisotopic (exact) mass is 169 g/mol. The van der Waals surface area contributed by atoms with Gasteiger partial charge in [-0.2, -0.15) is 0 Å². The van der Waals surface area contributed by atoms with Crippen LogP contribution in [0.4, 0.5) is 0 Å². The average molecular weight is 169 g/mol. The summed E-state index contributed by atoms with van der Waals surface area (Å²) in [5, 5.41) is 11.7. The van der Waals surface area contributed by atoms with Gasteiger partial charge in [0.2, 0.25) is 0 Å². The second kappa shape index (κ2) is 8.58. The van der Waals surface area contributed by atoms with Crippen LogP contribution in [0.5, 0.6) is 0 Å². The molecule has 0 saturated carbocycles. The van der Waals surface area contributed by atoms with E-state index in [2.05, 4.69) is 31.0 Å². The van der Waals surface area contributed by atoms with E-state index in [4.69, 9.17) is 5.11 Å². The molecule has 0 amide bonds. The lowest BCUT2D eigenvalue weighted by Crippen LogP contribution is -2.15. The zero-order valence-electron chi connectivity index (χ0n) is 8.06. The van der Waals surface area contributed by atoms with E-state index in [9.17, 15) is 0 Å². The van der Waals surface area contributed by atoms with Crippen LogP contribution in [-0.4, -0.2) is 24.8 Å². The van der Waals surface area contributed by atoms with E-state index in [1.165, 1.54) is 0 Å². The molecular weight excluding hydrogens is 150 g/mol. The van der Waals surface area contributed by atoms with Crippen LogP contribution in [0, 0.1) is 17.8 Å². The molecule has 0 atom stereocenters. The Kier molecular flexibility index (Phi) is 8.20. The van der Waals surface area contributed by atoms with Crippen LogP contribution in [0.1, 0.15) is 26.7 Å². The first kappa shape index (κ1) is 11.5. The maximum atomic E-state index is 8.49. The van der Waals surface area contributed by atoms with Crippen molar-refractivity contribution >= 4 is 0 Å². The van der Waals surface area contributed by atoms with Crippen LogP contribution in [-0.2, 0) is 0 Å². The lowest BCUT2D eigenvalue weighted by Gasteiger charge is -1.97. The maximum absolute atomic E-state index is 8.49. The predicted octanol–water partition coefficient (Wildman–Crippen LogP) is 1.01. The highest BCUT2D eigenvalue weighted by Gasteiger charge is 1.85. The average Bonchev–Trinajstić information content (AvgIpc) is 2.02. The van der Waals surface area contributed by atoms with Crippen molar-refractivity contribution in [2.45, 2.75) is 26.7 Å². The van der Waals surface area contributed by atoms with Crippen molar-refractivity contribution in [3.63, 3.8) is 0 Å². The molecule has 0 bridgehead atoms. The lowest BCUT2D eigenvalue weighted by molar-refractivity contribution is 0.284. The molecule has 2 heteroatoms. The van der Waals surface area contributed by atoms with Crippen LogP contribution in [0.3, 0.4) is 0 Å². The van der Waals surface area contributed by atoms with Gasteiger partial charge in [-0.25, -0.2) is 0 Å². The molecule has 0 aromatic rings. The van der Waals surface area contributed by atoms with Gasteiger partial charge in [-0.15, -0.1) is 0 Å². The Labute approximate surface area is 75.4 Å². The molecule has 12 heavy (non-hydrogen) atoms. The topological polar surface area (TPSA) is 32.3 Å². The van der Waals surface area contributed by atoms with Gasteiger partial charge in [0.05, 0.1) is 6.54 Å². The minimum atomic E-state index is 0.291. The van der Waals surface area contributed by atoms with Crippen LogP contribution in [0.15, 0.2) is 0 Å². The van der Waals surface area contributed by atoms with E-state index in [0.29, 0.717) is 12.5 Å². The Morgan fingerprint density at radius 2 is 2.08 bits per heavy atom. The summed E-state index contributed by atoms with van der Waals surface area (Å²) in [6.07, 6.45) is 1.91. The number of nitrogens with one attached hydrogen (secondary N) is 1. The molecule has 0 radical (unpaired) electrons. The fourth-order valence-electron chi connectivity index (χ4n) is 0.768. The maximum Gasteiger partial charge on any atom is 0.0576 e. The number of hydrogen-bond donors (Lipinski definition) is 2. The van der Waals surface area contributed by atoms with E-state index in [0.717, 1.165) is 25.9 Å². The second-order valence-corrected chi connectivity index (χ2v) is 3.08. The molecule has 0 aliphatic carbocycles. The third kappa shape index (κ3) is 9.48. The Hall–Kier alpha value is -0.520. The summed E-state index contributed by atoms with van der Waals surface area (Å²) in [5.74, 6) is 6.57.